The molecule has 1 saturated heterocycles. The van der Waals surface area contributed by atoms with Gasteiger partial charge in [0.1, 0.15) is 5.82 Å². The van der Waals surface area contributed by atoms with E-state index < -0.39 is 0 Å². The Kier molecular flexibility index (Phi) is 5.26. The Balaban J connectivity index is 1.28. The summed E-state index contributed by atoms with van der Waals surface area (Å²) in [6.07, 6.45) is 1.49. The van der Waals surface area contributed by atoms with E-state index in [0.29, 0.717) is 23.9 Å². The first-order valence-corrected chi connectivity index (χ1v) is 9.70. The predicted molar refractivity (Wildman–Crippen MR) is 101 cm³/mol. The van der Waals surface area contributed by atoms with Gasteiger partial charge in [-0.3, -0.25) is 9.69 Å². The van der Waals surface area contributed by atoms with Crippen LogP contribution in [0.4, 0.5) is 10.1 Å². The second kappa shape index (κ2) is 7.98. The van der Waals surface area contributed by atoms with Crippen molar-refractivity contribution in [3.05, 3.63) is 53.5 Å². The summed E-state index contributed by atoms with van der Waals surface area (Å²) in [7, 11) is 0. The molecule has 8 heteroatoms. The molecule has 1 amide bonds. The highest BCUT2D eigenvalue weighted by atomic mass is 32.1. The summed E-state index contributed by atoms with van der Waals surface area (Å²) in [6, 6.07) is 9.88. The fraction of sp³-hybridized carbons (Fsp3) is 0.316. The molecule has 3 heterocycles. The number of hydrogen-bond donors (Lipinski definition) is 1. The first kappa shape index (κ1) is 17.8. The van der Waals surface area contributed by atoms with Crippen LogP contribution in [0.1, 0.15) is 18.7 Å². The van der Waals surface area contributed by atoms with Crippen LogP contribution in [-0.4, -0.2) is 34.0 Å². The Labute approximate surface area is 160 Å². The third-order valence-corrected chi connectivity index (χ3v) is 5.48. The number of rotatable bonds is 5. The fourth-order valence-electron chi connectivity index (χ4n) is 3.18. The molecule has 0 spiro atoms. The van der Waals surface area contributed by atoms with Crippen molar-refractivity contribution in [3.8, 4) is 10.7 Å². The maximum absolute atomic E-state index is 13.2. The number of aromatic nitrogens is 2. The SMILES string of the molecule is O=C(Nc1cccc(F)c1)C1CCN(Cc2nc(-c3cccs3)no2)CC1. The molecule has 0 atom stereocenters. The van der Waals surface area contributed by atoms with E-state index in [1.807, 2.05) is 17.5 Å². The molecule has 1 aromatic carbocycles. The number of carbonyl (C=O) groups excluding carboxylic acids is 1. The zero-order chi connectivity index (χ0) is 18.6. The average Bonchev–Trinajstić information content (AvgIpc) is 3.34. The lowest BCUT2D eigenvalue weighted by molar-refractivity contribution is -0.121. The standard InChI is InChI=1S/C19H19FN4O2S/c20-14-3-1-4-15(11-14)21-19(25)13-6-8-24(9-7-13)12-17-22-18(23-26-17)16-5-2-10-27-16/h1-5,10-11,13H,6-9,12H2,(H,21,25). The lowest BCUT2D eigenvalue weighted by Crippen LogP contribution is -2.37. The zero-order valence-corrected chi connectivity index (χ0v) is 15.4. The number of amides is 1. The smallest absolute Gasteiger partial charge is 0.241 e. The highest BCUT2D eigenvalue weighted by Crippen LogP contribution is 2.24. The molecule has 0 aliphatic carbocycles. The Bertz CT molecular complexity index is 904. The summed E-state index contributed by atoms with van der Waals surface area (Å²) in [5.41, 5.74) is 0.495. The summed E-state index contributed by atoms with van der Waals surface area (Å²) in [5.74, 6) is 0.710. The van der Waals surface area contributed by atoms with E-state index >= 15 is 0 Å². The molecule has 2 aromatic heterocycles. The van der Waals surface area contributed by atoms with Crippen LogP contribution in [0.3, 0.4) is 0 Å². The first-order valence-electron chi connectivity index (χ1n) is 8.82. The summed E-state index contributed by atoms with van der Waals surface area (Å²) in [4.78, 5) is 20.0. The Morgan fingerprint density at radius 3 is 2.89 bits per heavy atom. The Morgan fingerprint density at radius 1 is 1.30 bits per heavy atom. The zero-order valence-electron chi connectivity index (χ0n) is 14.6. The van der Waals surface area contributed by atoms with Gasteiger partial charge in [-0.15, -0.1) is 11.3 Å². The van der Waals surface area contributed by atoms with E-state index in [-0.39, 0.29) is 17.6 Å². The molecule has 1 fully saturated rings. The van der Waals surface area contributed by atoms with Gasteiger partial charge >= 0.3 is 0 Å². The van der Waals surface area contributed by atoms with Gasteiger partial charge in [-0.1, -0.05) is 17.3 Å². The molecular weight excluding hydrogens is 367 g/mol. The van der Waals surface area contributed by atoms with Crippen molar-refractivity contribution in [2.75, 3.05) is 18.4 Å². The number of likely N-dealkylation sites (tertiary alicyclic amines) is 1. The summed E-state index contributed by atoms with van der Waals surface area (Å²) >= 11 is 1.57. The quantitative estimate of drug-likeness (QED) is 0.722. The van der Waals surface area contributed by atoms with Crippen molar-refractivity contribution < 1.29 is 13.7 Å². The number of carbonyl (C=O) groups is 1. The van der Waals surface area contributed by atoms with Crippen LogP contribution in [0.5, 0.6) is 0 Å². The minimum absolute atomic E-state index is 0.0574. The molecular formula is C19H19FN4O2S. The van der Waals surface area contributed by atoms with Gasteiger partial charge in [0.25, 0.3) is 0 Å². The number of benzene rings is 1. The summed E-state index contributed by atoms with van der Waals surface area (Å²) in [5, 5.41) is 8.80. The molecule has 1 aliphatic heterocycles. The van der Waals surface area contributed by atoms with Gasteiger partial charge < -0.3 is 9.84 Å². The summed E-state index contributed by atoms with van der Waals surface area (Å²) < 4.78 is 18.6. The van der Waals surface area contributed by atoms with Gasteiger partial charge in [-0.05, 0) is 55.6 Å². The number of piperidine rings is 1. The van der Waals surface area contributed by atoms with E-state index in [2.05, 4.69) is 20.4 Å². The van der Waals surface area contributed by atoms with Crippen molar-refractivity contribution >= 4 is 22.9 Å². The number of halogens is 1. The first-order chi connectivity index (χ1) is 13.2. The Hall–Kier alpha value is -2.58. The van der Waals surface area contributed by atoms with Crippen molar-refractivity contribution in [1.29, 1.82) is 0 Å². The predicted octanol–water partition coefficient (Wildman–Crippen LogP) is 3.79. The maximum atomic E-state index is 13.2. The van der Waals surface area contributed by atoms with Crippen LogP contribution >= 0.6 is 11.3 Å². The molecule has 0 saturated carbocycles. The monoisotopic (exact) mass is 386 g/mol. The third kappa shape index (κ3) is 4.40. The number of nitrogens with zero attached hydrogens (tertiary/aromatic N) is 3. The van der Waals surface area contributed by atoms with E-state index in [0.717, 1.165) is 30.8 Å². The Morgan fingerprint density at radius 2 is 2.15 bits per heavy atom. The highest BCUT2D eigenvalue weighted by molar-refractivity contribution is 7.13. The lowest BCUT2D eigenvalue weighted by Gasteiger charge is -2.30. The molecule has 27 heavy (non-hydrogen) atoms. The van der Waals surface area contributed by atoms with Crippen LogP contribution in [0, 0.1) is 11.7 Å². The van der Waals surface area contributed by atoms with E-state index in [1.54, 1.807) is 23.5 Å². The maximum Gasteiger partial charge on any atom is 0.241 e. The minimum atomic E-state index is -0.357. The molecule has 1 aliphatic rings. The topological polar surface area (TPSA) is 71.3 Å². The van der Waals surface area contributed by atoms with Crippen LogP contribution in [0.25, 0.3) is 10.7 Å². The van der Waals surface area contributed by atoms with Gasteiger partial charge in [-0.25, -0.2) is 4.39 Å². The third-order valence-electron chi connectivity index (χ3n) is 4.62. The lowest BCUT2D eigenvalue weighted by atomic mass is 9.96. The minimum Gasteiger partial charge on any atom is -0.338 e. The largest absolute Gasteiger partial charge is 0.338 e. The van der Waals surface area contributed by atoms with Crippen molar-refractivity contribution in [3.63, 3.8) is 0 Å². The number of anilines is 1. The normalized spacial score (nSPS) is 15.7. The van der Waals surface area contributed by atoms with Crippen LogP contribution < -0.4 is 5.32 Å². The molecule has 0 radical (unpaired) electrons. The average molecular weight is 386 g/mol. The van der Waals surface area contributed by atoms with E-state index in [1.165, 1.54) is 12.1 Å². The van der Waals surface area contributed by atoms with Gasteiger partial charge in [0.15, 0.2) is 0 Å². The number of thiophene rings is 1. The second-order valence-corrected chi connectivity index (χ2v) is 7.49. The van der Waals surface area contributed by atoms with Crippen molar-refractivity contribution in [2.24, 2.45) is 5.92 Å². The van der Waals surface area contributed by atoms with Gasteiger partial charge in [-0.2, -0.15) is 4.98 Å². The molecule has 3 aromatic rings. The van der Waals surface area contributed by atoms with Gasteiger partial charge in [0.05, 0.1) is 11.4 Å². The van der Waals surface area contributed by atoms with Gasteiger partial charge in [0.2, 0.25) is 17.6 Å². The van der Waals surface area contributed by atoms with E-state index in [9.17, 15) is 9.18 Å². The summed E-state index contributed by atoms with van der Waals surface area (Å²) in [6.45, 7) is 2.13. The molecule has 140 valence electrons. The van der Waals surface area contributed by atoms with Gasteiger partial charge in [0, 0.05) is 11.6 Å². The number of nitrogens with one attached hydrogen (secondary N) is 1. The van der Waals surface area contributed by atoms with Crippen molar-refractivity contribution in [2.45, 2.75) is 19.4 Å². The molecule has 0 bridgehead atoms. The second-order valence-electron chi connectivity index (χ2n) is 6.54. The van der Waals surface area contributed by atoms with Crippen molar-refractivity contribution in [1.82, 2.24) is 15.0 Å². The van der Waals surface area contributed by atoms with E-state index in [4.69, 9.17) is 4.52 Å². The van der Waals surface area contributed by atoms with Crippen LogP contribution in [-0.2, 0) is 11.3 Å². The van der Waals surface area contributed by atoms with Crippen LogP contribution in [0.15, 0.2) is 46.3 Å². The fourth-order valence-corrected chi connectivity index (χ4v) is 3.83. The molecule has 0 unspecified atom stereocenters. The molecule has 6 nitrogen and oxygen atoms in total. The number of hydrogen-bond acceptors (Lipinski definition) is 6. The molecule has 1 N–H and O–H groups in total. The molecule has 4 rings (SSSR count). The van der Waals surface area contributed by atoms with Crippen LogP contribution in [0.2, 0.25) is 0 Å². The highest BCUT2D eigenvalue weighted by Gasteiger charge is 2.26.